The van der Waals surface area contributed by atoms with Gasteiger partial charge in [-0.1, -0.05) is 26.8 Å². The lowest BCUT2D eigenvalue weighted by Gasteiger charge is -2.01. The van der Waals surface area contributed by atoms with Gasteiger partial charge < -0.3 is 10.3 Å². The molecule has 2 rings (SSSR count). The van der Waals surface area contributed by atoms with Crippen molar-refractivity contribution in [3.05, 3.63) is 29.6 Å². The first-order valence-electron chi connectivity index (χ1n) is 5.90. The molecule has 0 radical (unpaired) electrons. The van der Waals surface area contributed by atoms with Crippen LogP contribution in [0.2, 0.25) is 0 Å². The molecule has 0 amide bonds. The lowest BCUT2D eigenvalue weighted by Crippen LogP contribution is -2.11. The number of hydrogen-bond donors (Lipinski definition) is 2. The maximum absolute atomic E-state index is 4.56. The molecule has 1 aromatic carbocycles. The fraction of sp³-hybridized carbons (Fsp3) is 0.462. The van der Waals surface area contributed by atoms with E-state index in [1.165, 1.54) is 5.56 Å². The van der Waals surface area contributed by atoms with Gasteiger partial charge in [0, 0.05) is 12.5 Å². The highest BCUT2D eigenvalue weighted by Crippen LogP contribution is 2.18. The van der Waals surface area contributed by atoms with E-state index in [1.807, 2.05) is 0 Å². The van der Waals surface area contributed by atoms with Crippen molar-refractivity contribution in [3.8, 4) is 0 Å². The second-order valence-corrected chi connectivity index (χ2v) is 4.41. The van der Waals surface area contributed by atoms with Crippen LogP contribution in [0, 0.1) is 0 Å². The van der Waals surface area contributed by atoms with Gasteiger partial charge in [0.25, 0.3) is 0 Å². The van der Waals surface area contributed by atoms with Crippen molar-refractivity contribution in [1.82, 2.24) is 15.3 Å². The molecule has 3 nitrogen and oxygen atoms in total. The van der Waals surface area contributed by atoms with Crippen molar-refractivity contribution < 1.29 is 0 Å². The zero-order valence-corrected chi connectivity index (χ0v) is 10.2. The molecule has 0 saturated heterocycles. The smallest absolute Gasteiger partial charge is 0.109 e. The van der Waals surface area contributed by atoms with Gasteiger partial charge in [-0.05, 0) is 24.2 Å². The zero-order chi connectivity index (χ0) is 11.5. The predicted octanol–water partition coefficient (Wildman–Crippen LogP) is 2.80. The first kappa shape index (κ1) is 11.1. The third kappa shape index (κ3) is 2.25. The highest BCUT2D eigenvalue weighted by Gasteiger charge is 2.06. The third-order valence-corrected chi connectivity index (χ3v) is 2.69. The SMILES string of the molecule is CCNCc1ccc2nc(C(C)C)[nH]c2c1. The number of aromatic nitrogens is 2. The molecular formula is C13H19N3. The van der Waals surface area contributed by atoms with E-state index in [1.54, 1.807) is 0 Å². The van der Waals surface area contributed by atoms with Crippen molar-refractivity contribution in [2.45, 2.75) is 33.2 Å². The quantitative estimate of drug-likeness (QED) is 0.826. The summed E-state index contributed by atoms with van der Waals surface area (Å²) in [6.07, 6.45) is 0. The van der Waals surface area contributed by atoms with Crippen LogP contribution in [0.15, 0.2) is 18.2 Å². The molecular weight excluding hydrogens is 198 g/mol. The normalized spacial score (nSPS) is 11.5. The molecule has 0 aliphatic rings. The monoisotopic (exact) mass is 217 g/mol. The third-order valence-electron chi connectivity index (χ3n) is 2.69. The first-order valence-corrected chi connectivity index (χ1v) is 5.90. The fourth-order valence-corrected chi connectivity index (χ4v) is 1.73. The molecule has 1 aromatic heterocycles. The lowest BCUT2D eigenvalue weighted by molar-refractivity contribution is 0.727. The van der Waals surface area contributed by atoms with E-state index in [0.29, 0.717) is 5.92 Å². The van der Waals surface area contributed by atoms with Crippen LogP contribution in [0.25, 0.3) is 11.0 Å². The topological polar surface area (TPSA) is 40.7 Å². The number of imidazole rings is 1. The second-order valence-electron chi connectivity index (χ2n) is 4.41. The highest BCUT2D eigenvalue weighted by molar-refractivity contribution is 5.75. The standard InChI is InChI=1S/C13H19N3/c1-4-14-8-10-5-6-11-12(7-10)16-13(15-11)9(2)3/h5-7,9,14H,4,8H2,1-3H3,(H,15,16). The number of fused-ring (bicyclic) bond motifs is 1. The number of hydrogen-bond acceptors (Lipinski definition) is 2. The lowest BCUT2D eigenvalue weighted by atomic mass is 10.2. The van der Waals surface area contributed by atoms with E-state index >= 15 is 0 Å². The summed E-state index contributed by atoms with van der Waals surface area (Å²) in [5.74, 6) is 1.51. The Kier molecular flexibility index (Phi) is 3.25. The molecule has 0 bridgehead atoms. The molecule has 2 N–H and O–H groups in total. The van der Waals surface area contributed by atoms with Gasteiger partial charge in [0.05, 0.1) is 11.0 Å². The zero-order valence-electron chi connectivity index (χ0n) is 10.2. The van der Waals surface area contributed by atoms with Crippen LogP contribution in [0.3, 0.4) is 0 Å². The van der Waals surface area contributed by atoms with E-state index in [9.17, 15) is 0 Å². The molecule has 0 unspecified atom stereocenters. The Morgan fingerprint density at radius 3 is 2.88 bits per heavy atom. The minimum Gasteiger partial charge on any atom is -0.342 e. The molecule has 1 heterocycles. The molecule has 3 heteroatoms. The number of rotatable bonds is 4. The largest absolute Gasteiger partial charge is 0.342 e. The van der Waals surface area contributed by atoms with Crippen LogP contribution < -0.4 is 5.32 Å². The molecule has 0 aliphatic carbocycles. The Bertz CT molecular complexity index is 471. The Labute approximate surface area is 96.3 Å². The number of nitrogens with one attached hydrogen (secondary N) is 2. The minimum atomic E-state index is 0.449. The van der Waals surface area contributed by atoms with E-state index in [0.717, 1.165) is 29.9 Å². The van der Waals surface area contributed by atoms with Crippen LogP contribution in [-0.2, 0) is 6.54 Å². The average molecular weight is 217 g/mol. The second kappa shape index (κ2) is 4.66. The average Bonchev–Trinajstić information content (AvgIpc) is 2.69. The maximum atomic E-state index is 4.56. The minimum absolute atomic E-state index is 0.449. The number of H-pyrrole nitrogens is 1. The summed E-state index contributed by atoms with van der Waals surface area (Å²) in [5.41, 5.74) is 3.50. The number of nitrogens with zero attached hydrogens (tertiary/aromatic N) is 1. The summed E-state index contributed by atoms with van der Waals surface area (Å²) in [6.45, 7) is 8.33. The Hall–Kier alpha value is -1.35. The van der Waals surface area contributed by atoms with Gasteiger partial charge in [-0.15, -0.1) is 0 Å². The van der Waals surface area contributed by atoms with Gasteiger partial charge in [0.2, 0.25) is 0 Å². The van der Waals surface area contributed by atoms with Gasteiger partial charge >= 0.3 is 0 Å². The van der Waals surface area contributed by atoms with Crippen LogP contribution >= 0.6 is 0 Å². The molecule has 0 atom stereocenters. The van der Waals surface area contributed by atoms with Crippen LogP contribution in [0.5, 0.6) is 0 Å². The molecule has 2 aromatic rings. The summed E-state index contributed by atoms with van der Waals surface area (Å²) in [4.78, 5) is 7.93. The van der Waals surface area contributed by atoms with Crippen LogP contribution in [-0.4, -0.2) is 16.5 Å². The van der Waals surface area contributed by atoms with E-state index in [2.05, 4.69) is 54.3 Å². The number of aromatic amines is 1. The molecule has 0 spiro atoms. The van der Waals surface area contributed by atoms with Gasteiger partial charge in [-0.25, -0.2) is 4.98 Å². The van der Waals surface area contributed by atoms with Gasteiger partial charge in [-0.3, -0.25) is 0 Å². The van der Waals surface area contributed by atoms with E-state index < -0.39 is 0 Å². The first-order chi connectivity index (χ1) is 7.70. The molecule has 86 valence electrons. The van der Waals surface area contributed by atoms with Gasteiger partial charge in [0.1, 0.15) is 5.82 Å². The Morgan fingerprint density at radius 1 is 1.38 bits per heavy atom. The summed E-state index contributed by atoms with van der Waals surface area (Å²) in [7, 11) is 0. The Morgan fingerprint density at radius 2 is 2.19 bits per heavy atom. The summed E-state index contributed by atoms with van der Waals surface area (Å²) in [6, 6.07) is 6.40. The summed E-state index contributed by atoms with van der Waals surface area (Å²) < 4.78 is 0. The molecule has 0 saturated carbocycles. The van der Waals surface area contributed by atoms with Crippen molar-refractivity contribution in [3.63, 3.8) is 0 Å². The van der Waals surface area contributed by atoms with Gasteiger partial charge in [0.15, 0.2) is 0 Å². The summed E-state index contributed by atoms with van der Waals surface area (Å²) >= 11 is 0. The predicted molar refractivity (Wildman–Crippen MR) is 67.6 cm³/mol. The van der Waals surface area contributed by atoms with E-state index in [4.69, 9.17) is 0 Å². The van der Waals surface area contributed by atoms with Crippen LogP contribution in [0.4, 0.5) is 0 Å². The van der Waals surface area contributed by atoms with Crippen LogP contribution in [0.1, 0.15) is 38.1 Å². The Balaban J connectivity index is 2.30. The van der Waals surface area contributed by atoms with Crippen molar-refractivity contribution in [2.75, 3.05) is 6.54 Å². The molecule has 0 fully saturated rings. The maximum Gasteiger partial charge on any atom is 0.109 e. The highest BCUT2D eigenvalue weighted by atomic mass is 14.9. The van der Waals surface area contributed by atoms with Crippen molar-refractivity contribution in [2.24, 2.45) is 0 Å². The van der Waals surface area contributed by atoms with E-state index in [-0.39, 0.29) is 0 Å². The summed E-state index contributed by atoms with van der Waals surface area (Å²) in [5, 5.41) is 3.32. The van der Waals surface area contributed by atoms with Crippen molar-refractivity contribution >= 4 is 11.0 Å². The molecule has 0 aliphatic heterocycles. The van der Waals surface area contributed by atoms with Crippen molar-refractivity contribution in [1.29, 1.82) is 0 Å². The fourth-order valence-electron chi connectivity index (χ4n) is 1.73. The molecule has 16 heavy (non-hydrogen) atoms. The number of benzene rings is 1. The van der Waals surface area contributed by atoms with Gasteiger partial charge in [-0.2, -0.15) is 0 Å².